The predicted octanol–water partition coefficient (Wildman–Crippen LogP) is 4.32. The van der Waals surface area contributed by atoms with E-state index in [2.05, 4.69) is 46.4 Å². The number of hydrogen-bond donors (Lipinski definition) is 1. The van der Waals surface area contributed by atoms with Crippen molar-refractivity contribution in [2.24, 2.45) is 17.3 Å². The summed E-state index contributed by atoms with van der Waals surface area (Å²) in [6.07, 6.45) is 5.69. The Hall–Kier alpha value is -0.0800. The van der Waals surface area contributed by atoms with Crippen LogP contribution in [0, 0.1) is 17.3 Å². The Morgan fingerprint density at radius 1 is 1.20 bits per heavy atom. The summed E-state index contributed by atoms with van der Waals surface area (Å²) in [5.41, 5.74) is 0.411. The highest BCUT2D eigenvalue weighted by Crippen LogP contribution is 2.41. The molecule has 0 bridgehead atoms. The van der Waals surface area contributed by atoms with Gasteiger partial charge in [0.2, 0.25) is 0 Å². The molecular formula is C18H37NO. The first-order valence-electron chi connectivity index (χ1n) is 8.77. The molecule has 0 aromatic rings. The third-order valence-corrected chi connectivity index (χ3v) is 5.92. The highest BCUT2D eigenvalue weighted by Gasteiger charge is 2.38. The number of aliphatic hydroxyl groups excluding tert-OH is 1. The van der Waals surface area contributed by atoms with Gasteiger partial charge in [-0.25, -0.2) is 0 Å². The molecule has 120 valence electrons. The summed E-state index contributed by atoms with van der Waals surface area (Å²) < 4.78 is 0. The molecule has 0 heterocycles. The van der Waals surface area contributed by atoms with Crippen LogP contribution in [0.15, 0.2) is 0 Å². The van der Waals surface area contributed by atoms with Gasteiger partial charge in [-0.05, 0) is 43.1 Å². The van der Waals surface area contributed by atoms with Crippen molar-refractivity contribution in [3.8, 4) is 0 Å². The summed E-state index contributed by atoms with van der Waals surface area (Å²) in [4.78, 5) is 2.54. The van der Waals surface area contributed by atoms with Crippen LogP contribution in [0.3, 0.4) is 0 Å². The third kappa shape index (κ3) is 4.46. The van der Waals surface area contributed by atoms with Crippen molar-refractivity contribution in [3.63, 3.8) is 0 Å². The predicted molar refractivity (Wildman–Crippen MR) is 87.9 cm³/mol. The highest BCUT2D eigenvalue weighted by molar-refractivity contribution is 4.91. The maximum absolute atomic E-state index is 10.5. The Morgan fingerprint density at radius 3 is 2.35 bits per heavy atom. The fourth-order valence-electron chi connectivity index (χ4n) is 3.55. The van der Waals surface area contributed by atoms with Crippen LogP contribution in [0.1, 0.15) is 73.6 Å². The molecule has 20 heavy (non-hydrogen) atoms. The highest BCUT2D eigenvalue weighted by atomic mass is 16.3. The lowest BCUT2D eigenvalue weighted by molar-refractivity contribution is -0.0234. The van der Waals surface area contributed by atoms with E-state index in [1.807, 2.05) is 0 Å². The quantitative estimate of drug-likeness (QED) is 0.752. The second kappa shape index (κ2) is 7.79. The van der Waals surface area contributed by atoms with Crippen molar-refractivity contribution < 1.29 is 5.11 Å². The second-order valence-corrected chi connectivity index (χ2v) is 7.59. The average molecular weight is 283 g/mol. The molecule has 0 saturated heterocycles. The van der Waals surface area contributed by atoms with Gasteiger partial charge in [0.15, 0.2) is 0 Å². The topological polar surface area (TPSA) is 23.5 Å². The van der Waals surface area contributed by atoms with Gasteiger partial charge in [-0.2, -0.15) is 0 Å². The van der Waals surface area contributed by atoms with Gasteiger partial charge < -0.3 is 5.11 Å². The first-order chi connectivity index (χ1) is 9.35. The maximum atomic E-state index is 10.5. The molecule has 4 atom stereocenters. The SMILES string of the molecule is CCC(C)CN(CC)C1CC(C(C)(C)CC)CCC1O. The van der Waals surface area contributed by atoms with Crippen LogP contribution < -0.4 is 0 Å². The molecule has 0 aromatic carbocycles. The largest absolute Gasteiger partial charge is 0.391 e. The van der Waals surface area contributed by atoms with Crippen LogP contribution in [-0.4, -0.2) is 35.2 Å². The lowest BCUT2D eigenvalue weighted by Crippen LogP contribution is -2.50. The normalized spacial score (nSPS) is 29.7. The van der Waals surface area contributed by atoms with Crippen molar-refractivity contribution in [1.82, 2.24) is 4.90 Å². The van der Waals surface area contributed by atoms with E-state index in [1.165, 1.54) is 25.7 Å². The van der Waals surface area contributed by atoms with E-state index in [0.29, 0.717) is 11.5 Å². The Balaban J connectivity index is 2.74. The van der Waals surface area contributed by atoms with Crippen molar-refractivity contribution >= 4 is 0 Å². The number of aliphatic hydroxyl groups is 1. The maximum Gasteiger partial charge on any atom is 0.0695 e. The first kappa shape index (κ1) is 18.0. The minimum Gasteiger partial charge on any atom is -0.391 e. The summed E-state index contributed by atoms with van der Waals surface area (Å²) >= 11 is 0. The lowest BCUT2D eigenvalue weighted by atomic mass is 9.67. The van der Waals surface area contributed by atoms with Crippen LogP contribution in [0.2, 0.25) is 0 Å². The molecule has 2 nitrogen and oxygen atoms in total. The van der Waals surface area contributed by atoms with Gasteiger partial charge in [0.05, 0.1) is 6.10 Å². The van der Waals surface area contributed by atoms with E-state index >= 15 is 0 Å². The van der Waals surface area contributed by atoms with Gasteiger partial charge in [-0.15, -0.1) is 0 Å². The number of hydrogen-bond acceptors (Lipinski definition) is 2. The minimum absolute atomic E-state index is 0.122. The molecule has 1 fully saturated rings. The minimum atomic E-state index is -0.122. The van der Waals surface area contributed by atoms with Gasteiger partial charge in [-0.3, -0.25) is 4.90 Å². The molecular weight excluding hydrogens is 246 g/mol. The number of rotatable bonds is 7. The van der Waals surface area contributed by atoms with Crippen LogP contribution in [0.4, 0.5) is 0 Å². The van der Waals surface area contributed by atoms with Gasteiger partial charge in [-0.1, -0.05) is 54.4 Å². The lowest BCUT2D eigenvalue weighted by Gasteiger charge is -2.45. The Kier molecular flexibility index (Phi) is 7.00. The molecule has 1 aliphatic rings. The zero-order valence-electron chi connectivity index (χ0n) is 14.7. The molecule has 4 unspecified atom stereocenters. The van der Waals surface area contributed by atoms with Crippen molar-refractivity contribution in [2.75, 3.05) is 13.1 Å². The van der Waals surface area contributed by atoms with Gasteiger partial charge >= 0.3 is 0 Å². The van der Waals surface area contributed by atoms with E-state index in [4.69, 9.17) is 0 Å². The van der Waals surface area contributed by atoms with Crippen LogP contribution >= 0.6 is 0 Å². The second-order valence-electron chi connectivity index (χ2n) is 7.59. The summed E-state index contributed by atoms with van der Waals surface area (Å²) in [6, 6.07) is 0.374. The monoisotopic (exact) mass is 283 g/mol. The molecule has 1 aliphatic carbocycles. The van der Waals surface area contributed by atoms with E-state index < -0.39 is 0 Å². The van der Waals surface area contributed by atoms with Crippen LogP contribution in [0.5, 0.6) is 0 Å². The van der Waals surface area contributed by atoms with E-state index in [1.54, 1.807) is 0 Å². The Labute approximate surface area is 126 Å². The number of nitrogens with zero attached hydrogens (tertiary/aromatic N) is 1. The molecule has 2 heteroatoms. The average Bonchev–Trinajstić information content (AvgIpc) is 2.45. The molecule has 1 rings (SSSR count). The molecule has 1 saturated carbocycles. The molecule has 0 aliphatic heterocycles. The summed E-state index contributed by atoms with van der Waals surface area (Å²) in [5, 5.41) is 10.5. The third-order valence-electron chi connectivity index (χ3n) is 5.92. The zero-order valence-corrected chi connectivity index (χ0v) is 14.7. The van der Waals surface area contributed by atoms with Gasteiger partial charge in [0.1, 0.15) is 0 Å². The summed E-state index contributed by atoms with van der Waals surface area (Å²) in [7, 11) is 0. The summed E-state index contributed by atoms with van der Waals surface area (Å²) in [6.45, 7) is 16.1. The van der Waals surface area contributed by atoms with Gasteiger partial charge in [0, 0.05) is 12.6 Å². The fourth-order valence-corrected chi connectivity index (χ4v) is 3.55. The standard InChI is InChI=1S/C18H37NO/c1-7-14(4)13-19(9-3)16-12-15(10-11-17(16)20)18(5,6)8-2/h14-17,20H,7-13H2,1-6H3. The van der Waals surface area contributed by atoms with Crippen molar-refractivity contribution in [2.45, 2.75) is 85.8 Å². The summed E-state index contributed by atoms with van der Waals surface area (Å²) in [5.74, 6) is 1.48. The van der Waals surface area contributed by atoms with E-state index in [-0.39, 0.29) is 6.10 Å². The fraction of sp³-hybridized carbons (Fsp3) is 1.00. The molecule has 1 N–H and O–H groups in total. The molecule has 0 amide bonds. The molecule has 0 spiro atoms. The van der Waals surface area contributed by atoms with Gasteiger partial charge in [0.25, 0.3) is 0 Å². The van der Waals surface area contributed by atoms with E-state index in [9.17, 15) is 5.11 Å². The van der Waals surface area contributed by atoms with Crippen LogP contribution in [0.25, 0.3) is 0 Å². The van der Waals surface area contributed by atoms with Crippen molar-refractivity contribution in [1.29, 1.82) is 0 Å². The Bertz CT molecular complexity index is 277. The zero-order chi connectivity index (χ0) is 15.3. The van der Waals surface area contributed by atoms with Crippen molar-refractivity contribution in [3.05, 3.63) is 0 Å². The first-order valence-corrected chi connectivity index (χ1v) is 8.77. The molecule has 0 aromatic heterocycles. The molecule has 0 radical (unpaired) electrons. The van der Waals surface area contributed by atoms with E-state index in [0.717, 1.165) is 31.3 Å². The van der Waals surface area contributed by atoms with Crippen LogP contribution in [-0.2, 0) is 0 Å². The smallest absolute Gasteiger partial charge is 0.0695 e. The number of likely N-dealkylation sites (N-methyl/N-ethyl adjacent to an activating group) is 1. The Morgan fingerprint density at radius 2 is 1.85 bits per heavy atom.